The fraction of sp³-hybridized carbons (Fsp3) is 0.688. The van der Waals surface area contributed by atoms with E-state index >= 15 is 0 Å². The van der Waals surface area contributed by atoms with Crippen LogP contribution >= 0.6 is 0 Å². The van der Waals surface area contributed by atoms with Crippen molar-refractivity contribution < 1.29 is 9.53 Å². The van der Waals surface area contributed by atoms with Gasteiger partial charge in [-0.15, -0.1) is 0 Å². The van der Waals surface area contributed by atoms with E-state index in [1.807, 2.05) is 0 Å². The normalized spacial score (nSPS) is 28.9. The Balaban J connectivity index is 1.96. The highest BCUT2D eigenvalue weighted by Crippen LogP contribution is 2.42. The zero-order valence-electron chi connectivity index (χ0n) is 12.3. The molecule has 1 heterocycles. The minimum absolute atomic E-state index is 0.0943. The van der Waals surface area contributed by atoms with Crippen molar-refractivity contribution in [1.82, 2.24) is 4.57 Å². The van der Waals surface area contributed by atoms with Gasteiger partial charge < -0.3 is 9.30 Å². The van der Waals surface area contributed by atoms with Crippen LogP contribution < -0.4 is 0 Å². The van der Waals surface area contributed by atoms with E-state index in [1.54, 1.807) is 7.11 Å². The molecule has 0 bridgehead atoms. The van der Waals surface area contributed by atoms with E-state index in [1.165, 1.54) is 11.4 Å². The van der Waals surface area contributed by atoms with Crippen LogP contribution in [0, 0.1) is 12.3 Å². The Kier molecular flexibility index (Phi) is 2.86. The van der Waals surface area contributed by atoms with Crippen LogP contribution in [0.25, 0.3) is 0 Å². The van der Waals surface area contributed by atoms with Crippen LogP contribution in [0.5, 0.6) is 0 Å². The summed E-state index contributed by atoms with van der Waals surface area (Å²) in [6.07, 6.45) is 4.24. The third-order valence-electron chi connectivity index (χ3n) is 4.69. The van der Waals surface area contributed by atoms with Crippen molar-refractivity contribution in [3.63, 3.8) is 0 Å². The lowest BCUT2D eigenvalue weighted by Crippen LogP contribution is -2.36. The Labute approximate surface area is 114 Å². The van der Waals surface area contributed by atoms with Gasteiger partial charge in [0, 0.05) is 36.5 Å². The molecule has 2 aliphatic rings. The Morgan fingerprint density at radius 3 is 2.63 bits per heavy atom. The number of fused-ring (bicyclic) bond motifs is 1. The summed E-state index contributed by atoms with van der Waals surface area (Å²) in [5.74, 6) is 0.315. The van der Waals surface area contributed by atoms with E-state index < -0.39 is 0 Å². The van der Waals surface area contributed by atoms with Crippen LogP contribution in [-0.2, 0) is 11.2 Å². The topological polar surface area (TPSA) is 31.2 Å². The van der Waals surface area contributed by atoms with Gasteiger partial charge in [-0.25, -0.2) is 0 Å². The first kappa shape index (κ1) is 12.9. The van der Waals surface area contributed by atoms with Crippen LogP contribution in [0.4, 0.5) is 0 Å². The molecule has 0 spiro atoms. The van der Waals surface area contributed by atoms with Crippen molar-refractivity contribution in [2.24, 2.45) is 5.41 Å². The molecule has 0 aliphatic heterocycles. The average Bonchev–Trinajstić information content (AvgIpc) is 2.54. The zero-order valence-corrected chi connectivity index (χ0v) is 12.3. The van der Waals surface area contributed by atoms with Gasteiger partial charge in [0.25, 0.3) is 0 Å². The molecule has 0 N–H and O–H groups in total. The molecule has 104 valence electrons. The molecular weight excluding hydrogens is 238 g/mol. The number of ether oxygens (including phenoxy) is 1. The summed E-state index contributed by atoms with van der Waals surface area (Å²) < 4.78 is 7.79. The summed E-state index contributed by atoms with van der Waals surface area (Å²) >= 11 is 0. The number of aryl methyl sites for hydroxylation is 1. The van der Waals surface area contributed by atoms with E-state index in [9.17, 15) is 4.79 Å². The highest BCUT2D eigenvalue weighted by Gasteiger charge is 2.38. The standard InChI is InChI=1S/C16H23NO2/c1-10-5-13-14(8-16(2,3)9-15(13)18)17(10)11-6-12(7-11)19-4/h5,11-12H,6-9H2,1-4H3. The molecule has 1 fully saturated rings. The van der Waals surface area contributed by atoms with Crippen molar-refractivity contribution in [1.29, 1.82) is 0 Å². The van der Waals surface area contributed by atoms with Crippen LogP contribution in [0.1, 0.15) is 60.9 Å². The molecule has 2 aliphatic carbocycles. The Morgan fingerprint density at radius 2 is 2.00 bits per heavy atom. The molecule has 0 saturated heterocycles. The minimum Gasteiger partial charge on any atom is -0.381 e. The van der Waals surface area contributed by atoms with Crippen LogP contribution in [-0.4, -0.2) is 23.6 Å². The van der Waals surface area contributed by atoms with Crippen molar-refractivity contribution >= 4 is 5.78 Å². The second-order valence-electron chi connectivity index (χ2n) is 6.94. The number of nitrogens with zero attached hydrogens (tertiary/aromatic N) is 1. The fourth-order valence-corrected chi connectivity index (χ4v) is 3.62. The quantitative estimate of drug-likeness (QED) is 0.818. The van der Waals surface area contributed by atoms with E-state index in [2.05, 4.69) is 31.4 Å². The van der Waals surface area contributed by atoms with E-state index in [4.69, 9.17) is 4.74 Å². The maximum absolute atomic E-state index is 12.3. The molecule has 1 saturated carbocycles. The highest BCUT2D eigenvalue weighted by atomic mass is 16.5. The molecule has 3 nitrogen and oxygen atoms in total. The third kappa shape index (κ3) is 2.04. The van der Waals surface area contributed by atoms with Gasteiger partial charge in [0.05, 0.1) is 6.10 Å². The molecule has 0 atom stereocenters. The first-order valence-corrected chi connectivity index (χ1v) is 7.18. The van der Waals surface area contributed by atoms with Crippen molar-refractivity contribution in [3.05, 3.63) is 23.0 Å². The molecular formula is C16H23NO2. The van der Waals surface area contributed by atoms with Crippen LogP contribution in [0.15, 0.2) is 6.07 Å². The van der Waals surface area contributed by atoms with Crippen molar-refractivity contribution in [3.8, 4) is 0 Å². The SMILES string of the molecule is COC1CC(n2c(C)cc3c2CC(C)(C)CC3=O)C1. The van der Waals surface area contributed by atoms with E-state index in [0.717, 1.165) is 24.8 Å². The summed E-state index contributed by atoms with van der Waals surface area (Å²) in [7, 11) is 1.78. The lowest BCUT2D eigenvalue weighted by Gasteiger charge is -2.39. The molecule has 1 aromatic rings. The van der Waals surface area contributed by atoms with Crippen LogP contribution in [0.2, 0.25) is 0 Å². The summed E-state index contributed by atoms with van der Waals surface area (Å²) in [5.41, 5.74) is 3.56. The Hall–Kier alpha value is -1.09. The Morgan fingerprint density at radius 1 is 1.32 bits per heavy atom. The zero-order chi connectivity index (χ0) is 13.8. The molecule has 0 amide bonds. The maximum atomic E-state index is 12.3. The fourth-order valence-electron chi connectivity index (χ4n) is 3.62. The number of ketones is 1. The average molecular weight is 261 g/mol. The molecule has 3 heteroatoms. The first-order valence-electron chi connectivity index (χ1n) is 7.18. The number of carbonyl (C=O) groups excluding carboxylic acids is 1. The van der Waals surface area contributed by atoms with Crippen LogP contribution in [0.3, 0.4) is 0 Å². The largest absolute Gasteiger partial charge is 0.381 e. The lowest BCUT2D eigenvalue weighted by atomic mass is 9.76. The number of Topliss-reactive ketones (excluding diaryl/α,β-unsaturated/α-hetero) is 1. The predicted octanol–water partition coefficient (Wildman–Crippen LogP) is 3.30. The van der Waals surface area contributed by atoms with Crippen molar-refractivity contribution in [2.75, 3.05) is 7.11 Å². The lowest BCUT2D eigenvalue weighted by molar-refractivity contribution is 0.00459. The van der Waals surface area contributed by atoms with Gasteiger partial charge >= 0.3 is 0 Å². The molecule has 0 aromatic carbocycles. The smallest absolute Gasteiger partial charge is 0.165 e. The molecule has 19 heavy (non-hydrogen) atoms. The number of carbonyl (C=O) groups is 1. The Bertz CT molecular complexity index is 521. The van der Waals surface area contributed by atoms with E-state index in [0.29, 0.717) is 24.3 Å². The minimum atomic E-state index is 0.0943. The number of rotatable bonds is 2. The van der Waals surface area contributed by atoms with E-state index in [-0.39, 0.29) is 5.41 Å². The number of hydrogen-bond acceptors (Lipinski definition) is 2. The molecule has 0 radical (unpaired) electrons. The molecule has 1 aromatic heterocycles. The monoisotopic (exact) mass is 261 g/mol. The third-order valence-corrected chi connectivity index (χ3v) is 4.69. The molecule has 3 rings (SSSR count). The molecule has 0 unspecified atom stereocenters. The second-order valence-corrected chi connectivity index (χ2v) is 6.94. The highest BCUT2D eigenvalue weighted by molar-refractivity contribution is 5.99. The first-order chi connectivity index (χ1) is 8.91. The summed E-state index contributed by atoms with van der Waals surface area (Å²) in [4.78, 5) is 12.3. The van der Waals surface area contributed by atoms with Gasteiger partial charge in [0.15, 0.2) is 5.78 Å². The summed E-state index contributed by atoms with van der Waals surface area (Å²) in [6.45, 7) is 6.51. The summed E-state index contributed by atoms with van der Waals surface area (Å²) in [6, 6.07) is 2.61. The second kappa shape index (κ2) is 4.20. The predicted molar refractivity (Wildman–Crippen MR) is 74.7 cm³/mol. The van der Waals surface area contributed by atoms with Gasteiger partial charge in [-0.3, -0.25) is 4.79 Å². The maximum Gasteiger partial charge on any atom is 0.165 e. The van der Waals surface area contributed by atoms with Crippen molar-refractivity contribution in [2.45, 2.75) is 58.6 Å². The van der Waals surface area contributed by atoms with Gasteiger partial charge in [-0.2, -0.15) is 0 Å². The summed E-state index contributed by atoms with van der Waals surface area (Å²) in [5, 5.41) is 0. The van der Waals surface area contributed by atoms with Gasteiger partial charge in [-0.05, 0) is 37.7 Å². The van der Waals surface area contributed by atoms with Gasteiger partial charge in [0.2, 0.25) is 0 Å². The number of methoxy groups -OCH3 is 1. The number of hydrogen-bond donors (Lipinski definition) is 0. The van der Waals surface area contributed by atoms with Gasteiger partial charge in [-0.1, -0.05) is 13.8 Å². The van der Waals surface area contributed by atoms with Gasteiger partial charge in [0.1, 0.15) is 0 Å². The number of aromatic nitrogens is 1.